The molecule has 6 nitrogen and oxygen atoms in total. The molecule has 1 N–H and O–H groups in total. The number of nitro benzene ring substituents is 1. The summed E-state index contributed by atoms with van der Waals surface area (Å²) in [5.74, 6) is 0. The van der Waals surface area contributed by atoms with Crippen LogP contribution >= 0.6 is 0 Å². The van der Waals surface area contributed by atoms with E-state index in [-0.39, 0.29) is 5.69 Å². The molecule has 0 heterocycles. The lowest BCUT2D eigenvalue weighted by Gasteiger charge is -2.21. The van der Waals surface area contributed by atoms with E-state index in [9.17, 15) is 15.2 Å². The molecule has 0 saturated carbocycles. The second-order valence-corrected chi connectivity index (χ2v) is 5.26. The van der Waals surface area contributed by atoms with Gasteiger partial charge in [-0.2, -0.15) is 0 Å². The quantitative estimate of drug-likeness (QED) is 0.612. The average Bonchev–Trinajstić information content (AvgIpc) is 2.37. The van der Waals surface area contributed by atoms with Crippen molar-refractivity contribution in [2.45, 2.75) is 19.4 Å². The first kappa shape index (κ1) is 16.4. The summed E-state index contributed by atoms with van der Waals surface area (Å²) in [7, 11) is 5.85. The Bertz CT molecular complexity index is 461. The van der Waals surface area contributed by atoms with Gasteiger partial charge in [-0.1, -0.05) is 6.07 Å². The summed E-state index contributed by atoms with van der Waals surface area (Å²) in [4.78, 5) is 14.7. The second-order valence-electron chi connectivity index (χ2n) is 5.26. The number of hydrogen-bond donors (Lipinski definition) is 1. The molecular formula is C14H23N3O3. The first-order chi connectivity index (χ1) is 9.32. The first-order valence-corrected chi connectivity index (χ1v) is 6.65. The molecule has 6 heteroatoms. The minimum Gasteiger partial charge on any atom is -0.389 e. The molecule has 1 rings (SSSR count). The fourth-order valence-electron chi connectivity index (χ4n) is 2.01. The summed E-state index contributed by atoms with van der Waals surface area (Å²) in [6.07, 6.45) is 0.223. The highest BCUT2D eigenvalue weighted by Gasteiger charge is 2.19. The molecule has 0 aromatic heterocycles. The van der Waals surface area contributed by atoms with Crippen LogP contribution in [0.15, 0.2) is 18.2 Å². The van der Waals surface area contributed by atoms with Gasteiger partial charge in [-0.15, -0.1) is 0 Å². The van der Waals surface area contributed by atoms with E-state index in [0.717, 1.165) is 19.5 Å². The van der Waals surface area contributed by atoms with Gasteiger partial charge < -0.3 is 14.9 Å². The average molecular weight is 281 g/mol. The van der Waals surface area contributed by atoms with Crippen LogP contribution in [-0.4, -0.2) is 49.2 Å². The molecule has 1 atom stereocenters. The Kier molecular flexibility index (Phi) is 5.91. The van der Waals surface area contributed by atoms with Gasteiger partial charge in [-0.3, -0.25) is 10.1 Å². The fourth-order valence-corrected chi connectivity index (χ4v) is 2.01. The van der Waals surface area contributed by atoms with E-state index in [1.807, 2.05) is 26.0 Å². The Balaban J connectivity index is 2.90. The number of anilines is 1. The third kappa shape index (κ3) is 4.47. The number of aliphatic hydroxyl groups excluding tert-OH is 1. The van der Waals surface area contributed by atoms with Gasteiger partial charge >= 0.3 is 0 Å². The van der Waals surface area contributed by atoms with E-state index < -0.39 is 11.0 Å². The summed E-state index contributed by atoms with van der Waals surface area (Å²) in [6, 6.07) is 4.88. The van der Waals surface area contributed by atoms with Crippen LogP contribution in [-0.2, 0) is 0 Å². The van der Waals surface area contributed by atoms with Crippen LogP contribution in [0.25, 0.3) is 0 Å². The summed E-state index contributed by atoms with van der Waals surface area (Å²) in [5.41, 5.74) is 1.18. The zero-order chi connectivity index (χ0) is 15.3. The van der Waals surface area contributed by atoms with Gasteiger partial charge in [0.2, 0.25) is 0 Å². The Morgan fingerprint density at radius 1 is 1.30 bits per heavy atom. The summed E-state index contributed by atoms with van der Waals surface area (Å²) in [6.45, 7) is 3.27. The number of nitrogens with zero attached hydrogens (tertiary/aromatic N) is 3. The van der Waals surface area contributed by atoms with Crippen molar-refractivity contribution in [2.75, 3.05) is 39.1 Å². The molecule has 1 aromatic carbocycles. The van der Waals surface area contributed by atoms with Crippen LogP contribution in [0.4, 0.5) is 11.4 Å². The molecule has 0 aliphatic rings. The predicted octanol–water partition coefficient (Wildman–Crippen LogP) is 2.04. The van der Waals surface area contributed by atoms with Crippen molar-refractivity contribution in [3.63, 3.8) is 0 Å². The largest absolute Gasteiger partial charge is 0.389 e. The van der Waals surface area contributed by atoms with Gasteiger partial charge in [0.25, 0.3) is 5.69 Å². The smallest absolute Gasteiger partial charge is 0.292 e. The molecule has 112 valence electrons. The van der Waals surface area contributed by atoms with E-state index in [1.54, 1.807) is 19.1 Å². The van der Waals surface area contributed by atoms with Crippen molar-refractivity contribution < 1.29 is 10.0 Å². The minimum atomic E-state index is -0.707. The van der Waals surface area contributed by atoms with Gasteiger partial charge in [0.1, 0.15) is 5.69 Å². The normalized spacial score (nSPS) is 12.5. The van der Waals surface area contributed by atoms with Crippen molar-refractivity contribution >= 4 is 11.4 Å². The highest BCUT2D eigenvalue weighted by Crippen LogP contribution is 2.30. The molecule has 20 heavy (non-hydrogen) atoms. The zero-order valence-electron chi connectivity index (χ0n) is 12.5. The molecule has 0 unspecified atom stereocenters. The zero-order valence-corrected chi connectivity index (χ0v) is 12.5. The van der Waals surface area contributed by atoms with E-state index in [1.165, 1.54) is 6.07 Å². The van der Waals surface area contributed by atoms with Gasteiger partial charge in [-0.05, 0) is 45.6 Å². The molecule has 0 saturated heterocycles. The number of aliphatic hydroxyl groups is 1. The number of rotatable bonds is 7. The highest BCUT2D eigenvalue weighted by molar-refractivity contribution is 5.64. The van der Waals surface area contributed by atoms with Crippen molar-refractivity contribution in [2.24, 2.45) is 0 Å². The van der Waals surface area contributed by atoms with E-state index >= 15 is 0 Å². The Morgan fingerprint density at radius 3 is 2.45 bits per heavy atom. The molecule has 0 spiro atoms. The van der Waals surface area contributed by atoms with E-state index in [0.29, 0.717) is 11.3 Å². The standard InChI is InChI=1S/C14H23N3O3/c1-11(18)12-6-7-13(14(10-12)17(19)20)16(4)9-5-8-15(2)3/h6-7,10-11,18H,5,8-9H2,1-4H3/t11-/m1/s1. The Hall–Kier alpha value is -1.66. The maximum atomic E-state index is 11.2. The summed E-state index contributed by atoms with van der Waals surface area (Å²) in [5, 5.41) is 20.7. The molecule has 0 bridgehead atoms. The van der Waals surface area contributed by atoms with Gasteiger partial charge in [0, 0.05) is 19.7 Å². The Labute approximate surface area is 119 Å². The van der Waals surface area contributed by atoms with E-state index in [2.05, 4.69) is 4.90 Å². The van der Waals surface area contributed by atoms with Crippen molar-refractivity contribution in [1.82, 2.24) is 4.90 Å². The van der Waals surface area contributed by atoms with Crippen molar-refractivity contribution in [1.29, 1.82) is 0 Å². The fraction of sp³-hybridized carbons (Fsp3) is 0.571. The summed E-state index contributed by atoms with van der Waals surface area (Å²) < 4.78 is 0. The molecule has 1 aromatic rings. The molecule has 0 aliphatic heterocycles. The third-order valence-corrected chi connectivity index (χ3v) is 3.19. The second kappa shape index (κ2) is 7.21. The lowest BCUT2D eigenvalue weighted by atomic mass is 10.1. The molecule has 0 fully saturated rings. The Morgan fingerprint density at radius 2 is 1.95 bits per heavy atom. The van der Waals surface area contributed by atoms with Crippen LogP contribution in [0.2, 0.25) is 0 Å². The SMILES string of the molecule is C[C@@H](O)c1ccc(N(C)CCCN(C)C)c([N+](=O)[O-])c1. The third-order valence-electron chi connectivity index (χ3n) is 3.19. The van der Waals surface area contributed by atoms with Gasteiger partial charge in [0.05, 0.1) is 11.0 Å². The number of benzene rings is 1. The van der Waals surface area contributed by atoms with Crippen LogP contribution in [0.3, 0.4) is 0 Å². The van der Waals surface area contributed by atoms with Crippen molar-refractivity contribution in [3.8, 4) is 0 Å². The number of hydrogen-bond acceptors (Lipinski definition) is 5. The number of nitro groups is 1. The first-order valence-electron chi connectivity index (χ1n) is 6.65. The highest BCUT2D eigenvalue weighted by atomic mass is 16.6. The van der Waals surface area contributed by atoms with Gasteiger partial charge in [-0.25, -0.2) is 0 Å². The summed E-state index contributed by atoms with van der Waals surface area (Å²) >= 11 is 0. The van der Waals surface area contributed by atoms with Crippen molar-refractivity contribution in [3.05, 3.63) is 33.9 Å². The lowest BCUT2D eigenvalue weighted by molar-refractivity contribution is -0.384. The van der Waals surface area contributed by atoms with E-state index in [4.69, 9.17) is 0 Å². The molecule has 0 aliphatic carbocycles. The molecule has 0 amide bonds. The molecular weight excluding hydrogens is 258 g/mol. The van der Waals surface area contributed by atoms with Crippen LogP contribution in [0.1, 0.15) is 25.0 Å². The molecule has 0 radical (unpaired) electrons. The monoisotopic (exact) mass is 281 g/mol. The maximum absolute atomic E-state index is 11.2. The van der Waals surface area contributed by atoms with Crippen LogP contribution < -0.4 is 4.90 Å². The van der Waals surface area contributed by atoms with Crippen LogP contribution in [0.5, 0.6) is 0 Å². The lowest BCUT2D eigenvalue weighted by Crippen LogP contribution is -2.24. The van der Waals surface area contributed by atoms with Gasteiger partial charge in [0.15, 0.2) is 0 Å². The maximum Gasteiger partial charge on any atom is 0.292 e. The predicted molar refractivity (Wildman–Crippen MR) is 80.2 cm³/mol. The minimum absolute atomic E-state index is 0.0377. The topological polar surface area (TPSA) is 69.8 Å². The van der Waals surface area contributed by atoms with Crippen LogP contribution in [0, 0.1) is 10.1 Å².